The number of methoxy groups -OCH3 is 2. The van der Waals surface area contributed by atoms with E-state index in [4.69, 9.17) is 9.47 Å². The van der Waals surface area contributed by atoms with E-state index in [0.29, 0.717) is 12.5 Å². The van der Waals surface area contributed by atoms with Crippen LogP contribution in [0.4, 0.5) is 0 Å². The van der Waals surface area contributed by atoms with Crippen LogP contribution in [0.15, 0.2) is 18.2 Å². The van der Waals surface area contributed by atoms with Crippen molar-refractivity contribution in [1.82, 2.24) is 10.2 Å². The van der Waals surface area contributed by atoms with Crippen molar-refractivity contribution < 1.29 is 14.3 Å². The molecular weight excluding hydrogens is 324 g/mol. The molecule has 1 N–H and O–H groups in total. The van der Waals surface area contributed by atoms with Crippen molar-refractivity contribution in [2.45, 2.75) is 31.3 Å². The molecule has 3 rings (SSSR count). The third-order valence-corrected chi connectivity index (χ3v) is 5.92. The lowest BCUT2D eigenvalue weighted by Gasteiger charge is -2.29. The minimum Gasteiger partial charge on any atom is -0.497 e. The number of amides is 1. The topological polar surface area (TPSA) is 50.8 Å². The van der Waals surface area contributed by atoms with E-state index >= 15 is 0 Å². The first kappa shape index (κ1) is 17.4. The Morgan fingerprint density at radius 3 is 2.96 bits per heavy atom. The summed E-state index contributed by atoms with van der Waals surface area (Å²) in [6.45, 7) is 1.83. The number of carbonyl (C=O) groups excluding carboxylic acids is 1. The third-order valence-electron chi connectivity index (χ3n) is 4.79. The van der Waals surface area contributed by atoms with E-state index in [0.717, 1.165) is 54.5 Å². The van der Waals surface area contributed by atoms with E-state index in [1.54, 1.807) is 14.2 Å². The van der Waals surface area contributed by atoms with Crippen LogP contribution in [0, 0.1) is 0 Å². The number of carbonyl (C=O) groups is 1. The fraction of sp³-hybridized carbons (Fsp3) is 0.611. The molecule has 5 nitrogen and oxygen atoms in total. The SMILES string of the molecule is COc1ccc(C2CCCN2C(=O)CC2CSCCN2)c(OC)c1. The highest BCUT2D eigenvalue weighted by Gasteiger charge is 2.33. The molecule has 132 valence electrons. The monoisotopic (exact) mass is 350 g/mol. The summed E-state index contributed by atoms with van der Waals surface area (Å²) in [5.41, 5.74) is 1.08. The van der Waals surface area contributed by atoms with Gasteiger partial charge in [0.15, 0.2) is 0 Å². The van der Waals surface area contributed by atoms with Crippen LogP contribution in [0.25, 0.3) is 0 Å². The zero-order valence-corrected chi connectivity index (χ0v) is 15.2. The zero-order valence-electron chi connectivity index (χ0n) is 14.4. The van der Waals surface area contributed by atoms with Crippen molar-refractivity contribution in [1.29, 1.82) is 0 Å². The number of hydrogen-bond donors (Lipinski definition) is 1. The number of hydrogen-bond acceptors (Lipinski definition) is 5. The molecule has 2 aliphatic rings. The highest BCUT2D eigenvalue weighted by molar-refractivity contribution is 7.99. The van der Waals surface area contributed by atoms with Gasteiger partial charge in [-0.15, -0.1) is 0 Å². The molecule has 6 heteroatoms. The van der Waals surface area contributed by atoms with Crippen LogP contribution in [-0.4, -0.2) is 55.7 Å². The van der Waals surface area contributed by atoms with Crippen molar-refractivity contribution in [2.75, 3.05) is 38.8 Å². The Hall–Kier alpha value is -1.40. The quantitative estimate of drug-likeness (QED) is 0.884. The molecule has 1 aromatic rings. The largest absolute Gasteiger partial charge is 0.497 e. The Morgan fingerprint density at radius 2 is 2.25 bits per heavy atom. The Bertz CT molecular complexity index is 575. The maximum atomic E-state index is 12.8. The fourth-order valence-electron chi connectivity index (χ4n) is 3.56. The van der Waals surface area contributed by atoms with Crippen molar-refractivity contribution >= 4 is 17.7 Å². The van der Waals surface area contributed by atoms with Gasteiger partial charge in [-0.1, -0.05) is 0 Å². The minimum atomic E-state index is 0.106. The van der Waals surface area contributed by atoms with E-state index in [2.05, 4.69) is 5.32 Å². The molecule has 2 saturated heterocycles. The summed E-state index contributed by atoms with van der Waals surface area (Å²) in [5.74, 6) is 3.98. The standard InChI is InChI=1S/C18H26N2O3S/c1-22-14-5-6-15(17(11-14)23-2)16-4-3-8-20(16)18(21)10-13-12-24-9-7-19-13/h5-6,11,13,16,19H,3-4,7-10,12H2,1-2H3. The average molecular weight is 350 g/mol. The van der Waals surface area contributed by atoms with Gasteiger partial charge in [-0.2, -0.15) is 11.8 Å². The van der Waals surface area contributed by atoms with E-state index < -0.39 is 0 Å². The Balaban J connectivity index is 1.74. The lowest BCUT2D eigenvalue weighted by molar-refractivity contribution is -0.132. The molecule has 0 saturated carbocycles. The second-order valence-corrected chi connectivity index (χ2v) is 7.43. The molecule has 2 unspecified atom stereocenters. The van der Waals surface area contributed by atoms with Gasteiger partial charge in [0.1, 0.15) is 11.5 Å². The summed E-state index contributed by atoms with van der Waals surface area (Å²) >= 11 is 1.93. The maximum absolute atomic E-state index is 12.8. The van der Waals surface area contributed by atoms with E-state index in [1.165, 1.54) is 0 Å². The van der Waals surface area contributed by atoms with E-state index in [-0.39, 0.29) is 11.9 Å². The van der Waals surface area contributed by atoms with Crippen molar-refractivity contribution in [2.24, 2.45) is 0 Å². The molecule has 0 aliphatic carbocycles. The minimum absolute atomic E-state index is 0.106. The first-order chi connectivity index (χ1) is 11.7. The van der Waals surface area contributed by atoms with Crippen LogP contribution in [0.2, 0.25) is 0 Å². The van der Waals surface area contributed by atoms with Gasteiger partial charge in [0.25, 0.3) is 0 Å². The predicted molar refractivity (Wildman–Crippen MR) is 97.0 cm³/mol. The van der Waals surface area contributed by atoms with Crippen molar-refractivity contribution in [3.05, 3.63) is 23.8 Å². The number of likely N-dealkylation sites (tertiary alicyclic amines) is 1. The highest BCUT2D eigenvalue weighted by atomic mass is 32.2. The van der Waals surface area contributed by atoms with Gasteiger partial charge < -0.3 is 19.7 Å². The van der Waals surface area contributed by atoms with Crippen molar-refractivity contribution in [3.8, 4) is 11.5 Å². The second-order valence-electron chi connectivity index (χ2n) is 6.28. The van der Waals surface area contributed by atoms with Gasteiger partial charge in [-0.05, 0) is 25.0 Å². The molecule has 0 aromatic heterocycles. The number of rotatable bonds is 5. The number of benzene rings is 1. The van der Waals surface area contributed by atoms with Crippen molar-refractivity contribution in [3.63, 3.8) is 0 Å². The summed E-state index contributed by atoms with van der Waals surface area (Å²) in [6.07, 6.45) is 2.61. The molecule has 2 atom stereocenters. The second kappa shape index (κ2) is 8.12. The first-order valence-corrected chi connectivity index (χ1v) is 9.71. The van der Waals surface area contributed by atoms with Gasteiger partial charge in [0.05, 0.1) is 20.3 Å². The van der Waals surface area contributed by atoms with E-state index in [9.17, 15) is 4.79 Å². The molecule has 0 spiro atoms. The average Bonchev–Trinajstić information content (AvgIpc) is 3.11. The fourth-order valence-corrected chi connectivity index (χ4v) is 4.51. The summed E-state index contributed by atoms with van der Waals surface area (Å²) in [4.78, 5) is 14.9. The van der Waals surface area contributed by atoms with Crippen LogP contribution in [0.1, 0.15) is 30.9 Å². The predicted octanol–water partition coefficient (Wildman–Crippen LogP) is 2.46. The summed E-state index contributed by atoms with van der Waals surface area (Å²) < 4.78 is 10.8. The molecule has 24 heavy (non-hydrogen) atoms. The van der Waals surface area contributed by atoms with Gasteiger partial charge >= 0.3 is 0 Å². The third kappa shape index (κ3) is 3.81. The van der Waals surface area contributed by atoms with Crippen LogP contribution in [-0.2, 0) is 4.79 Å². The first-order valence-electron chi connectivity index (χ1n) is 8.55. The van der Waals surface area contributed by atoms with Crippen LogP contribution < -0.4 is 14.8 Å². The Labute approximate surface area is 148 Å². The lowest BCUT2D eigenvalue weighted by atomic mass is 10.0. The number of nitrogens with zero attached hydrogens (tertiary/aromatic N) is 1. The Kier molecular flexibility index (Phi) is 5.89. The van der Waals surface area contributed by atoms with Gasteiger partial charge in [0.2, 0.25) is 5.91 Å². The number of ether oxygens (including phenoxy) is 2. The van der Waals surface area contributed by atoms with Gasteiger partial charge in [0, 0.05) is 48.7 Å². The summed E-state index contributed by atoms with van der Waals surface area (Å²) in [5, 5.41) is 3.46. The molecule has 1 amide bonds. The summed E-state index contributed by atoms with van der Waals surface area (Å²) in [6, 6.07) is 6.28. The molecule has 1 aromatic carbocycles. The maximum Gasteiger partial charge on any atom is 0.224 e. The smallest absolute Gasteiger partial charge is 0.224 e. The normalized spacial score (nSPS) is 24.0. The molecule has 2 aliphatic heterocycles. The zero-order chi connectivity index (χ0) is 16.9. The number of thioether (sulfide) groups is 1. The molecule has 0 bridgehead atoms. The van der Waals surface area contributed by atoms with E-state index in [1.807, 2.05) is 34.9 Å². The molecule has 2 heterocycles. The molecular formula is C18H26N2O3S. The van der Waals surface area contributed by atoms with Gasteiger partial charge in [-0.3, -0.25) is 4.79 Å². The van der Waals surface area contributed by atoms with Crippen LogP contribution >= 0.6 is 11.8 Å². The lowest BCUT2D eigenvalue weighted by Crippen LogP contribution is -2.42. The van der Waals surface area contributed by atoms with Crippen LogP contribution in [0.3, 0.4) is 0 Å². The summed E-state index contributed by atoms with van der Waals surface area (Å²) in [7, 11) is 3.32. The molecule has 0 radical (unpaired) electrons. The Morgan fingerprint density at radius 1 is 1.38 bits per heavy atom. The van der Waals surface area contributed by atoms with Gasteiger partial charge in [-0.25, -0.2) is 0 Å². The number of nitrogens with one attached hydrogen (secondary N) is 1. The highest BCUT2D eigenvalue weighted by Crippen LogP contribution is 2.39. The van der Waals surface area contributed by atoms with Crippen LogP contribution in [0.5, 0.6) is 11.5 Å². The molecule has 2 fully saturated rings.